The Morgan fingerprint density at radius 1 is 1.29 bits per heavy atom. The highest BCUT2D eigenvalue weighted by molar-refractivity contribution is 7.89. The van der Waals surface area contributed by atoms with Crippen LogP contribution in [0, 0.1) is 0 Å². The summed E-state index contributed by atoms with van der Waals surface area (Å²) in [6, 6.07) is 5.62. The fourth-order valence-electron chi connectivity index (χ4n) is 4.06. The number of likely N-dealkylation sites (tertiary alicyclic amines) is 1. The number of benzene rings is 1. The summed E-state index contributed by atoms with van der Waals surface area (Å²) in [6.45, 7) is 8.60. The summed E-state index contributed by atoms with van der Waals surface area (Å²) in [4.78, 5) is 14.8. The molecule has 0 radical (unpaired) electrons. The van der Waals surface area contributed by atoms with E-state index in [2.05, 4.69) is 16.5 Å². The number of piperidine rings is 1. The van der Waals surface area contributed by atoms with Crippen LogP contribution in [0.15, 0.2) is 27.9 Å². The molecule has 1 saturated heterocycles. The van der Waals surface area contributed by atoms with Gasteiger partial charge < -0.3 is 4.90 Å². The standard InChI is InChI=1S/C20H31N3O3S2/c1-4-16-8-5-6-12-22(16)13-7-11-21-28(25,26)17-9-10-18-19(14-17)27-20(24)23(18)15(2)3/h9-10,14-16,21H,4-8,11-13H2,1-3H3/t16-/m0/s1. The number of thiazole rings is 1. The highest BCUT2D eigenvalue weighted by atomic mass is 32.2. The van der Waals surface area contributed by atoms with Gasteiger partial charge in [0.1, 0.15) is 0 Å². The van der Waals surface area contributed by atoms with Gasteiger partial charge in [0, 0.05) is 18.6 Å². The first-order chi connectivity index (χ1) is 13.3. The molecule has 1 fully saturated rings. The zero-order valence-electron chi connectivity index (χ0n) is 17.0. The zero-order chi connectivity index (χ0) is 20.3. The van der Waals surface area contributed by atoms with Crippen LogP contribution >= 0.6 is 11.3 Å². The van der Waals surface area contributed by atoms with Crippen LogP contribution in [0.1, 0.15) is 58.9 Å². The van der Waals surface area contributed by atoms with E-state index in [1.54, 1.807) is 22.8 Å². The number of rotatable bonds is 8. The molecule has 1 atom stereocenters. The maximum atomic E-state index is 12.7. The van der Waals surface area contributed by atoms with Crippen LogP contribution in [0.5, 0.6) is 0 Å². The quantitative estimate of drug-likeness (QED) is 0.656. The molecule has 28 heavy (non-hydrogen) atoms. The molecule has 1 aromatic carbocycles. The van der Waals surface area contributed by atoms with Gasteiger partial charge in [-0.1, -0.05) is 24.7 Å². The second kappa shape index (κ2) is 9.07. The third-order valence-corrected chi connectivity index (χ3v) is 7.92. The molecule has 1 N–H and O–H groups in total. The molecular formula is C20H31N3O3S2. The largest absolute Gasteiger partial charge is 0.308 e. The smallest absolute Gasteiger partial charge is 0.300 e. The lowest BCUT2D eigenvalue weighted by molar-refractivity contribution is 0.143. The van der Waals surface area contributed by atoms with Crippen LogP contribution < -0.4 is 9.60 Å². The Kier molecular flexibility index (Phi) is 6.96. The van der Waals surface area contributed by atoms with Gasteiger partial charge in [-0.15, -0.1) is 0 Å². The molecule has 0 bridgehead atoms. The zero-order valence-corrected chi connectivity index (χ0v) is 18.6. The Bertz CT molecular complexity index is 963. The molecule has 3 rings (SSSR count). The van der Waals surface area contributed by atoms with Gasteiger partial charge in [0.25, 0.3) is 0 Å². The summed E-state index contributed by atoms with van der Waals surface area (Å²) in [6.07, 6.45) is 5.75. The van der Waals surface area contributed by atoms with E-state index < -0.39 is 10.0 Å². The predicted octanol–water partition coefficient (Wildman–Crippen LogP) is 3.58. The van der Waals surface area contributed by atoms with Crippen LogP contribution in [0.3, 0.4) is 0 Å². The lowest BCUT2D eigenvalue weighted by Crippen LogP contribution is -2.40. The van der Waals surface area contributed by atoms with Crippen molar-refractivity contribution >= 4 is 31.6 Å². The average Bonchev–Trinajstić information content (AvgIpc) is 3.00. The van der Waals surface area contributed by atoms with Gasteiger partial charge in [-0.2, -0.15) is 0 Å². The first-order valence-corrected chi connectivity index (χ1v) is 12.5. The second-order valence-corrected chi connectivity index (χ2v) is 10.6. The molecule has 0 spiro atoms. The third-order valence-electron chi connectivity index (χ3n) is 5.55. The van der Waals surface area contributed by atoms with Crippen molar-refractivity contribution in [3.63, 3.8) is 0 Å². The Balaban J connectivity index is 1.63. The summed E-state index contributed by atoms with van der Waals surface area (Å²) in [5, 5.41) is 0. The van der Waals surface area contributed by atoms with Gasteiger partial charge in [-0.05, 0) is 70.8 Å². The maximum absolute atomic E-state index is 12.7. The van der Waals surface area contributed by atoms with E-state index in [0.29, 0.717) is 17.3 Å². The van der Waals surface area contributed by atoms with Gasteiger partial charge in [0.2, 0.25) is 10.0 Å². The Morgan fingerprint density at radius 2 is 2.07 bits per heavy atom. The molecule has 6 nitrogen and oxygen atoms in total. The number of nitrogens with one attached hydrogen (secondary N) is 1. The highest BCUT2D eigenvalue weighted by Crippen LogP contribution is 2.24. The maximum Gasteiger partial charge on any atom is 0.308 e. The molecule has 1 aromatic heterocycles. The monoisotopic (exact) mass is 425 g/mol. The molecule has 2 aromatic rings. The predicted molar refractivity (Wildman–Crippen MR) is 116 cm³/mol. The Labute approximate surface area is 171 Å². The van der Waals surface area contributed by atoms with Crippen molar-refractivity contribution in [2.24, 2.45) is 0 Å². The Morgan fingerprint density at radius 3 is 2.79 bits per heavy atom. The number of hydrogen-bond donors (Lipinski definition) is 1. The minimum Gasteiger partial charge on any atom is -0.300 e. The van der Waals surface area contributed by atoms with Crippen molar-refractivity contribution in [3.05, 3.63) is 27.9 Å². The van der Waals surface area contributed by atoms with Crippen molar-refractivity contribution in [3.8, 4) is 0 Å². The summed E-state index contributed by atoms with van der Waals surface area (Å²) < 4.78 is 30.5. The van der Waals surface area contributed by atoms with Gasteiger partial charge in [0.05, 0.1) is 15.1 Å². The normalized spacial score (nSPS) is 18.9. The topological polar surface area (TPSA) is 71.4 Å². The van der Waals surface area contributed by atoms with E-state index in [1.165, 1.54) is 19.3 Å². The van der Waals surface area contributed by atoms with Crippen molar-refractivity contribution in [1.29, 1.82) is 0 Å². The lowest BCUT2D eigenvalue weighted by atomic mass is 10.00. The van der Waals surface area contributed by atoms with Crippen LogP contribution in [0.25, 0.3) is 10.2 Å². The summed E-state index contributed by atoms with van der Waals surface area (Å²) >= 11 is 1.10. The fraction of sp³-hybridized carbons (Fsp3) is 0.650. The average molecular weight is 426 g/mol. The first-order valence-electron chi connectivity index (χ1n) is 10.2. The fourth-order valence-corrected chi connectivity index (χ4v) is 6.29. The second-order valence-electron chi connectivity index (χ2n) is 7.81. The number of aromatic nitrogens is 1. The third kappa shape index (κ3) is 4.67. The van der Waals surface area contributed by atoms with Crippen LogP contribution in [0.2, 0.25) is 0 Å². The Hall–Kier alpha value is -1.22. The lowest BCUT2D eigenvalue weighted by Gasteiger charge is -2.35. The van der Waals surface area contributed by atoms with Crippen molar-refractivity contribution in [1.82, 2.24) is 14.2 Å². The van der Waals surface area contributed by atoms with Crippen molar-refractivity contribution in [2.75, 3.05) is 19.6 Å². The molecule has 156 valence electrons. The van der Waals surface area contributed by atoms with Gasteiger partial charge in [-0.3, -0.25) is 9.36 Å². The summed E-state index contributed by atoms with van der Waals surface area (Å²) in [5.74, 6) is 0. The first kappa shape index (κ1) is 21.5. The molecule has 8 heteroatoms. The molecule has 0 saturated carbocycles. The minimum absolute atomic E-state index is 0.0450. The minimum atomic E-state index is -3.57. The summed E-state index contributed by atoms with van der Waals surface area (Å²) in [5.41, 5.74) is 0.791. The SMILES string of the molecule is CC[C@H]1CCCCN1CCCNS(=O)(=O)c1ccc2c(c1)sc(=O)n2C(C)C. The van der Waals surface area contributed by atoms with Crippen molar-refractivity contribution in [2.45, 2.75) is 69.9 Å². The highest BCUT2D eigenvalue weighted by Gasteiger charge is 2.21. The molecule has 0 amide bonds. The van der Waals surface area contributed by atoms with E-state index in [4.69, 9.17) is 0 Å². The van der Waals surface area contributed by atoms with Gasteiger partial charge >= 0.3 is 4.87 Å². The van der Waals surface area contributed by atoms with Crippen molar-refractivity contribution < 1.29 is 8.42 Å². The van der Waals surface area contributed by atoms with E-state index in [0.717, 1.165) is 42.8 Å². The van der Waals surface area contributed by atoms with Crippen LogP contribution in [-0.2, 0) is 10.0 Å². The van der Waals surface area contributed by atoms with Gasteiger partial charge in [0.15, 0.2) is 0 Å². The molecular weight excluding hydrogens is 394 g/mol. The van der Waals surface area contributed by atoms with E-state index in [1.807, 2.05) is 13.8 Å². The molecule has 1 aliphatic heterocycles. The number of hydrogen-bond acceptors (Lipinski definition) is 5. The number of fused-ring (bicyclic) bond motifs is 1. The number of sulfonamides is 1. The van der Waals surface area contributed by atoms with E-state index in [-0.39, 0.29) is 15.8 Å². The molecule has 2 heterocycles. The van der Waals surface area contributed by atoms with E-state index in [9.17, 15) is 13.2 Å². The molecule has 0 unspecified atom stereocenters. The molecule has 0 aliphatic carbocycles. The molecule has 1 aliphatic rings. The number of nitrogens with zero attached hydrogens (tertiary/aromatic N) is 2. The van der Waals surface area contributed by atoms with Crippen LogP contribution in [-0.4, -0.2) is 43.6 Å². The van der Waals surface area contributed by atoms with Crippen LogP contribution in [0.4, 0.5) is 0 Å². The van der Waals surface area contributed by atoms with Gasteiger partial charge in [-0.25, -0.2) is 13.1 Å². The summed E-state index contributed by atoms with van der Waals surface area (Å²) in [7, 11) is -3.57. The van der Waals surface area contributed by atoms with E-state index >= 15 is 0 Å².